The van der Waals surface area contributed by atoms with E-state index in [1.165, 1.54) is 16.8 Å². The fourth-order valence-corrected chi connectivity index (χ4v) is 2.35. The molecule has 0 atom stereocenters. The second-order valence-corrected chi connectivity index (χ2v) is 5.38. The summed E-state index contributed by atoms with van der Waals surface area (Å²) in [7, 11) is 0. The topological polar surface area (TPSA) is 84.2 Å². The highest BCUT2D eigenvalue weighted by Gasteiger charge is 2.16. The zero-order valence-electron chi connectivity index (χ0n) is 13.2. The highest BCUT2D eigenvalue weighted by Crippen LogP contribution is 2.21. The number of aryl methyl sites for hydroxylation is 3. The SMILES string of the molecule is Cc1cc(F)cc(C(=O)Nc2c(C)nn(CCC(=O)O)c2C)c1. The Morgan fingerprint density at radius 2 is 1.96 bits per heavy atom. The lowest BCUT2D eigenvalue weighted by Crippen LogP contribution is -2.14. The van der Waals surface area contributed by atoms with Crippen LogP contribution in [0.15, 0.2) is 18.2 Å². The summed E-state index contributed by atoms with van der Waals surface area (Å²) in [4.78, 5) is 22.9. The van der Waals surface area contributed by atoms with E-state index in [9.17, 15) is 14.0 Å². The highest BCUT2D eigenvalue weighted by atomic mass is 19.1. The van der Waals surface area contributed by atoms with Gasteiger partial charge in [0.25, 0.3) is 5.91 Å². The molecule has 0 aliphatic rings. The average molecular weight is 319 g/mol. The first kappa shape index (κ1) is 16.7. The van der Waals surface area contributed by atoms with Crippen molar-refractivity contribution >= 4 is 17.6 Å². The van der Waals surface area contributed by atoms with Crippen LogP contribution in [0.2, 0.25) is 0 Å². The summed E-state index contributed by atoms with van der Waals surface area (Å²) in [5, 5.41) is 15.7. The number of amides is 1. The maximum Gasteiger partial charge on any atom is 0.305 e. The van der Waals surface area contributed by atoms with Crippen LogP contribution in [0.3, 0.4) is 0 Å². The van der Waals surface area contributed by atoms with Crippen molar-refractivity contribution in [3.63, 3.8) is 0 Å². The molecule has 0 aliphatic carbocycles. The Bertz CT molecular complexity index is 748. The first-order chi connectivity index (χ1) is 10.8. The minimum Gasteiger partial charge on any atom is -0.481 e. The number of hydrogen-bond acceptors (Lipinski definition) is 3. The fraction of sp³-hybridized carbons (Fsp3) is 0.312. The maximum absolute atomic E-state index is 13.4. The van der Waals surface area contributed by atoms with Gasteiger partial charge in [-0.3, -0.25) is 14.3 Å². The molecule has 122 valence electrons. The summed E-state index contributed by atoms with van der Waals surface area (Å²) in [5.41, 5.74) is 2.63. The van der Waals surface area contributed by atoms with Gasteiger partial charge in [-0.25, -0.2) is 4.39 Å². The van der Waals surface area contributed by atoms with E-state index in [4.69, 9.17) is 5.11 Å². The summed E-state index contributed by atoms with van der Waals surface area (Å²) in [5.74, 6) is -1.82. The summed E-state index contributed by atoms with van der Waals surface area (Å²) in [6.07, 6.45) is -0.0571. The van der Waals surface area contributed by atoms with Gasteiger partial charge in [-0.15, -0.1) is 0 Å². The molecule has 2 N–H and O–H groups in total. The molecular formula is C16H18FN3O3. The lowest BCUT2D eigenvalue weighted by Gasteiger charge is -2.07. The van der Waals surface area contributed by atoms with E-state index in [0.717, 1.165) is 0 Å². The van der Waals surface area contributed by atoms with E-state index in [-0.39, 0.29) is 18.5 Å². The number of nitrogens with zero attached hydrogens (tertiary/aromatic N) is 2. The maximum atomic E-state index is 13.4. The van der Waals surface area contributed by atoms with Crippen LogP contribution in [0.25, 0.3) is 0 Å². The molecule has 1 aromatic heterocycles. The number of benzene rings is 1. The Morgan fingerprint density at radius 3 is 2.57 bits per heavy atom. The molecule has 0 unspecified atom stereocenters. The largest absolute Gasteiger partial charge is 0.481 e. The number of halogens is 1. The van der Waals surface area contributed by atoms with Gasteiger partial charge >= 0.3 is 5.97 Å². The number of anilines is 1. The molecule has 0 saturated carbocycles. The zero-order valence-corrected chi connectivity index (χ0v) is 13.2. The van der Waals surface area contributed by atoms with Gasteiger partial charge in [0.2, 0.25) is 0 Å². The van der Waals surface area contributed by atoms with Gasteiger partial charge in [-0.05, 0) is 44.5 Å². The Kier molecular flexibility index (Phi) is 4.78. The number of aliphatic carboxylic acids is 1. The third-order valence-corrected chi connectivity index (χ3v) is 3.46. The van der Waals surface area contributed by atoms with Gasteiger partial charge in [-0.1, -0.05) is 0 Å². The number of aromatic nitrogens is 2. The number of rotatable bonds is 5. The van der Waals surface area contributed by atoms with E-state index in [1.807, 2.05) is 0 Å². The predicted molar refractivity (Wildman–Crippen MR) is 83.0 cm³/mol. The second-order valence-electron chi connectivity index (χ2n) is 5.38. The number of nitrogens with one attached hydrogen (secondary N) is 1. The Morgan fingerprint density at radius 1 is 1.26 bits per heavy atom. The number of carbonyl (C=O) groups is 2. The molecule has 1 amide bonds. The molecule has 0 radical (unpaired) electrons. The lowest BCUT2D eigenvalue weighted by atomic mass is 10.1. The molecule has 0 spiro atoms. The summed E-state index contributed by atoms with van der Waals surface area (Å²) < 4.78 is 15.0. The van der Waals surface area contributed by atoms with Crippen LogP contribution in [0, 0.1) is 26.6 Å². The van der Waals surface area contributed by atoms with Crippen LogP contribution in [-0.4, -0.2) is 26.8 Å². The third kappa shape index (κ3) is 3.94. The van der Waals surface area contributed by atoms with Crippen LogP contribution in [0.1, 0.15) is 33.7 Å². The Hall–Kier alpha value is -2.70. The lowest BCUT2D eigenvalue weighted by molar-refractivity contribution is -0.137. The standard InChI is InChI=1S/C16H18FN3O3/c1-9-6-12(8-13(17)7-9)16(23)18-15-10(2)19-20(11(15)3)5-4-14(21)22/h6-8H,4-5H2,1-3H3,(H,18,23)(H,21,22). The normalized spacial score (nSPS) is 10.6. The van der Waals surface area contributed by atoms with Gasteiger partial charge in [-0.2, -0.15) is 5.10 Å². The molecule has 0 bridgehead atoms. The summed E-state index contributed by atoms with van der Waals surface area (Å²) in [6.45, 7) is 5.39. The van der Waals surface area contributed by atoms with Crippen molar-refractivity contribution in [3.05, 3.63) is 46.5 Å². The average Bonchev–Trinajstić information content (AvgIpc) is 2.71. The Balaban J connectivity index is 2.22. The quantitative estimate of drug-likeness (QED) is 0.887. The number of carbonyl (C=O) groups excluding carboxylic acids is 1. The van der Waals surface area contributed by atoms with Crippen molar-refractivity contribution < 1.29 is 19.1 Å². The van der Waals surface area contributed by atoms with Gasteiger partial charge in [0.1, 0.15) is 5.82 Å². The second kappa shape index (κ2) is 6.60. The van der Waals surface area contributed by atoms with Crippen molar-refractivity contribution in [2.75, 3.05) is 5.32 Å². The van der Waals surface area contributed by atoms with E-state index in [2.05, 4.69) is 10.4 Å². The minimum atomic E-state index is -0.918. The first-order valence-corrected chi connectivity index (χ1v) is 7.12. The molecule has 1 aromatic carbocycles. The molecule has 2 aromatic rings. The van der Waals surface area contributed by atoms with Gasteiger partial charge in [0.15, 0.2) is 0 Å². The zero-order chi connectivity index (χ0) is 17.1. The summed E-state index contributed by atoms with van der Waals surface area (Å²) in [6, 6.07) is 4.11. The van der Waals surface area contributed by atoms with E-state index in [0.29, 0.717) is 22.6 Å². The van der Waals surface area contributed by atoms with Crippen LogP contribution < -0.4 is 5.32 Å². The van der Waals surface area contributed by atoms with Gasteiger partial charge in [0, 0.05) is 5.56 Å². The molecular weight excluding hydrogens is 301 g/mol. The van der Waals surface area contributed by atoms with Crippen molar-refractivity contribution in [3.8, 4) is 0 Å². The van der Waals surface area contributed by atoms with Crippen molar-refractivity contribution in [1.82, 2.24) is 9.78 Å². The van der Waals surface area contributed by atoms with Crippen LogP contribution >= 0.6 is 0 Å². The highest BCUT2D eigenvalue weighted by molar-refractivity contribution is 6.05. The minimum absolute atomic E-state index is 0.0571. The van der Waals surface area contributed by atoms with Crippen molar-refractivity contribution in [1.29, 1.82) is 0 Å². The molecule has 1 heterocycles. The monoisotopic (exact) mass is 319 g/mol. The number of carboxylic acids is 1. The molecule has 0 aliphatic heterocycles. The third-order valence-electron chi connectivity index (χ3n) is 3.46. The number of hydrogen-bond donors (Lipinski definition) is 2. The van der Waals surface area contributed by atoms with Crippen LogP contribution in [0.4, 0.5) is 10.1 Å². The predicted octanol–water partition coefficient (Wildman–Crippen LogP) is 2.67. The molecule has 2 rings (SSSR count). The van der Waals surface area contributed by atoms with E-state index in [1.54, 1.807) is 26.8 Å². The smallest absolute Gasteiger partial charge is 0.305 e. The first-order valence-electron chi connectivity index (χ1n) is 7.12. The van der Waals surface area contributed by atoms with E-state index < -0.39 is 17.7 Å². The van der Waals surface area contributed by atoms with Crippen molar-refractivity contribution in [2.24, 2.45) is 0 Å². The number of carboxylic acid groups (broad SMARTS) is 1. The summed E-state index contributed by atoms with van der Waals surface area (Å²) >= 11 is 0. The van der Waals surface area contributed by atoms with Gasteiger partial charge in [0.05, 0.1) is 30.0 Å². The van der Waals surface area contributed by atoms with Gasteiger partial charge < -0.3 is 10.4 Å². The van der Waals surface area contributed by atoms with E-state index >= 15 is 0 Å². The van der Waals surface area contributed by atoms with Crippen molar-refractivity contribution in [2.45, 2.75) is 33.7 Å². The van der Waals surface area contributed by atoms with Crippen LogP contribution in [-0.2, 0) is 11.3 Å². The molecule has 0 fully saturated rings. The molecule has 0 saturated heterocycles. The molecule has 6 nitrogen and oxygen atoms in total. The molecule has 23 heavy (non-hydrogen) atoms. The fourth-order valence-electron chi connectivity index (χ4n) is 2.35. The Labute approximate surface area is 132 Å². The molecule has 7 heteroatoms. The van der Waals surface area contributed by atoms with Crippen LogP contribution in [0.5, 0.6) is 0 Å².